The van der Waals surface area contributed by atoms with Crippen molar-refractivity contribution in [1.82, 2.24) is 0 Å². The van der Waals surface area contributed by atoms with Crippen LogP contribution in [0.3, 0.4) is 0 Å². The fraction of sp³-hybridized carbons (Fsp3) is 0.263. The van der Waals surface area contributed by atoms with Gasteiger partial charge in [0.15, 0.2) is 0 Å². The van der Waals surface area contributed by atoms with E-state index in [2.05, 4.69) is 5.32 Å². The zero-order valence-electron chi connectivity index (χ0n) is 14.5. The van der Waals surface area contributed by atoms with Crippen molar-refractivity contribution in [3.8, 4) is 0 Å². The van der Waals surface area contributed by atoms with E-state index in [1.54, 1.807) is 30.0 Å². The Morgan fingerprint density at radius 1 is 1.16 bits per heavy atom. The first-order chi connectivity index (χ1) is 11.9. The van der Waals surface area contributed by atoms with Crippen LogP contribution in [0.1, 0.15) is 22.8 Å². The number of nitrogens with one attached hydrogen (secondary N) is 1. The molecule has 1 N–H and O–H groups in total. The molecule has 0 bridgehead atoms. The van der Waals surface area contributed by atoms with E-state index < -0.39 is 0 Å². The van der Waals surface area contributed by atoms with E-state index in [4.69, 9.17) is 11.6 Å². The molecule has 5 nitrogen and oxygen atoms in total. The maximum Gasteiger partial charge on any atom is 0.255 e. The average molecular weight is 358 g/mol. The third-order valence-corrected chi connectivity index (χ3v) is 4.54. The standard InChI is InChI=1S/C19H20ClN3O2/c1-12(24)23-9-8-13-10-14(4-6-17(13)23)19(25)21-16-11-15(20)5-7-18(16)22(2)3/h4-7,10-11H,8-9H2,1-3H3,(H,21,25). The first kappa shape index (κ1) is 17.3. The van der Waals surface area contributed by atoms with Crippen LogP contribution in [-0.4, -0.2) is 32.5 Å². The highest BCUT2D eigenvalue weighted by atomic mass is 35.5. The molecule has 1 heterocycles. The zero-order valence-corrected chi connectivity index (χ0v) is 15.2. The van der Waals surface area contributed by atoms with Crippen LogP contribution >= 0.6 is 11.6 Å². The van der Waals surface area contributed by atoms with E-state index >= 15 is 0 Å². The Morgan fingerprint density at radius 2 is 1.92 bits per heavy atom. The van der Waals surface area contributed by atoms with Crippen LogP contribution in [0.5, 0.6) is 0 Å². The fourth-order valence-electron chi connectivity index (χ4n) is 3.06. The summed E-state index contributed by atoms with van der Waals surface area (Å²) < 4.78 is 0. The predicted molar refractivity (Wildman–Crippen MR) is 102 cm³/mol. The highest BCUT2D eigenvalue weighted by Gasteiger charge is 2.23. The molecular formula is C19H20ClN3O2. The third-order valence-electron chi connectivity index (χ3n) is 4.31. The first-order valence-corrected chi connectivity index (χ1v) is 8.44. The van der Waals surface area contributed by atoms with E-state index in [0.29, 0.717) is 22.8 Å². The van der Waals surface area contributed by atoms with Crippen LogP contribution in [-0.2, 0) is 11.2 Å². The number of benzene rings is 2. The number of nitrogens with zero attached hydrogens (tertiary/aromatic N) is 2. The lowest BCUT2D eigenvalue weighted by atomic mass is 10.1. The number of anilines is 3. The van der Waals surface area contributed by atoms with Crippen molar-refractivity contribution in [1.29, 1.82) is 0 Å². The van der Waals surface area contributed by atoms with Crippen LogP contribution in [0.15, 0.2) is 36.4 Å². The van der Waals surface area contributed by atoms with Gasteiger partial charge in [-0.1, -0.05) is 11.6 Å². The molecule has 2 aromatic rings. The van der Waals surface area contributed by atoms with Crippen molar-refractivity contribution in [3.05, 3.63) is 52.5 Å². The molecule has 1 aliphatic rings. The largest absolute Gasteiger partial charge is 0.376 e. The second-order valence-electron chi connectivity index (χ2n) is 6.27. The van der Waals surface area contributed by atoms with Gasteiger partial charge in [-0.15, -0.1) is 0 Å². The summed E-state index contributed by atoms with van der Waals surface area (Å²) in [6.45, 7) is 2.21. The number of fused-ring (bicyclic) bond motifs is 1. The van der Waals surface area contributed by atoms with Gasteiger partial charge in [-0.3, -0.25) is 9.59 Å². The second kappa shape index (κ2) is 6.76. The second-order valence-corrected chi connectivity index (χ2v) is 6.71. The summed E-state index contributed by atoms with van der Waals surface area (Å²) in [5.74, 6) is -0.181. The van der Waals surface area contributed by atoms with Crippen LogP contribution in [0, 0.1) is 0 Å². The normalized spacial score (nSPS) is 12.7. The predicted octanol–water partition coefficient (Wildman–Crippen LogP) is 3.57. The van der Waals surface area contributed by atoms with E-state index in [0.717, 1.165) is 23.4 Å². The van der Waals surface area contributed by atoms with E-state index in [-0.39, 0.29) is 11.8 Å². The van der Waals surface area contributed by atoms with Crippen LogP contribution in [0.25, 0.3) is 0 Å². The molecular weight excluding hydrogens is 338 g/mol. The van der Waals surface area contributed by atoms with Crippen molar-refractivity contribution in [3.63, 3.8) is 0 Å². The summed E-state index contributed by atoms with van der Waals surface area (Å²) in [5, 5.41) is 3.49. The Morgan fingerprint density at radius 3 is 2.60 bits per heavy atom. The Kier molecular flexibility index (Phi) is 4.68. The summed E-state index contributed by atoms with van der Waals surface area (Å²) in [4.78, 5) is 27.9. The average Bonchev–Trinajstić information content (AvgIpc) is 2.97. The summed E-state index contributed by atoms with van der Waals surface area (Å²) in [5.41, 5.74) is 4.01. The molecule has 2 amide bonds. The van der Waals surface area contributed by atoms with Crippen molar-refractivity contribution in [2.75, 3.05) is 35.8 Å². The van der Waals surface area contributed by atoms with E-state index in [1.165, 1.54) is 0 Å². The lowest BCUT2D eigenvalue weighted by molar-refractivity contribution is -0.116. The van der Waals surface area contributed by atoms with Gasteiger partial charge in [0.05, 0.1) is 11.4 Å². The summed E-state index contributed by atoms with van der Waals surface area (Å²) in [6, 6.07) is 10.8. The van der Waals surface area contributed by atoms with Gasteiger partial charge in [0.1, 0.15) is 0 Å². The molecule has 0 saturated heterocycles. The topological polar surface area (TPSA) is 52.7 Å². The minimum Gasteiger partial charge on any atom is -0.376 e. The number of hydrogen-bond donors (Lipinski definition) is 1. The van der Waals surface area contributed by atoms with Crippen LogP contribution in [0.2, 0.25) is 5.02 Å². The minimum atomic E-state index is -0.200. The van der Waals surface area contributed by atoms with Gasteiger partial charge in [-0.2, -0.15) is 0 Å². The quantitative estimate of drug-likeness (QED) is 0.913. The van der Waals surface area contributed by atoms with E-state index in [9.17, 15) is 9.59 Å². The molecule has 25 heavy (non-hydrogen) atoms. The first-order valence-electron chi connectivity index (χ1n) is 8.06. The summed E-state index contributed by atoms with van der Waals surface area (Å²) >= 11 is 6.07. The highest BCUT2D eigenvalue weighted by Crippen LogP contribution is 2.31. The molecule has 3 rings (SSSR count). The van der Waals surface area contributed by atoms with Crippen molar-refractivity contribution in [2.24, 2.45) is 0 Å². The number of rotatable bonds is 3. The monoisotopic (exact) mass is 357 g/mol. The molecule has 0 radical (unpaired) electrons. The van der Waals surface area contributed by atoms with Gasteiger partial charge in [0.2, 0.25) is 5.91 Å². The van der Waals surface area contributed by atoms with Gasteiger partial charge in [-0.05, 0) is 48.4 Å². The lowest BCUT2D eigenvalue weighted by Crippen LogP contribution is -2.25. The maximum absolute atomic E-state index is 12.7. The molecule has 6 heteroatoms. The molecule has 0 saturated carbocycles. The molecule has 0 aromatic heterocycles. The highest BCUT2D eigenvalue weighted by molar-refractivity contribution is 6.31. The van der Waals surface area contributed by atoms with Gasteiger partial charge < -0.3 is 15.1 Å². The summed E-state index contributed by atoms with van der Waals surface area (Å²) in [7, 11) is 3.81. The minimum absolute atomic E-state index is 0.0190. The van der Waals surface area contributed by atoms with Crippen molar-refractivity contribution < 1.29 is 9.59 Å². The Balaban J connectivity index is 1.86. The molecule has 0 unspecified atom stereocenters. The fourth-order valence-corrected chi connectivity index (χ4v) is 3.24. The van der Waals surface area contributed by atoms with Crippen LogP contribution in [0.4, 0.5) is 17.1 Å². The molecule has 0 atom stereocenters. The number of carbonyl (C=O) groups excluding carboxylic acids is 2. The van der Waals surface area contributed by atoms with Gasteiger partial charge in [0.25, 0.3) is 5.91 Å². The third kappa shape index (κ3) is 3.46. The van der Waals surface area contributed by atoms with Gasteiger partial charge in [-0.25, -0.2) is 0 Å². The number of amides is 2. The SMILES string of the molecule is CC(=O)N1CCc2cc(C(=O)Nc3cc(Cl)ccc3N(C)C)ccc21. The van der Waals surface area contributed by atoms with Crippen LogP contribution < -0.4 is 15.1 Å². The van der Waals surface area contributed by atoms with Gasteiger partial charge >= 0.3 is 0 Å². The summed E-state index contributed by atoms with van der Waals surface area (Å²) in [6.07, 6.45) is 0.760. The smallest absolute Gasteiger partial charge is 0.255 e. The van der Waals surface area contributed by atoms with Crippen molar-refractivity contribution in [2.45, 2.75) is 13.3 Å². The number of halogens is 1. The Labute approximate surface area is 152 Å². The molecule has 0 fully saturated rings. The molecule has 0 aliphatic carbocycles. The molecule has 130 valence electrons. The maximum atomic E-state index is 12.7. The molecule has 2 aromatic carbocycles. The molecule has 1 aliphatic heterocycles. The molecule has 0 spiro atoms. The van der Waals surface area contributed by atoms with Crippen molar-refractivity contribution >= 4 is 40.5 Å². The Hall–Kier alpha value is -2.53. The zero-order chi connectivity index (χ0) is 18.1. The lowest BCUT2D eigenvalue weighted by Gasteiger charge is -2.18. The number of hydrogen-bond acceptors (Lipinski definition) is 3. The Bertz CT molecular complexity index is 849. The van der Waals surface area contributed by atoms with E-state index in [1.807, 2.05) is 37.2 Å². The van der Waals surface area contributed by atoms with Gasteiger partial charge in [0, 0.05) is 43.8 Å². The number of carbonyl (C=O) groups is 2.